The van der Waals surface area contributed by atoms with Crippen molar-refractivity contribution in [2.75, 3.05) is 4.90 Å². The molecule has 4 nitrogen and oxygen atoms in total. The smallest absolute Gasteiger partial charge is 0.228 e. The molecule has 2 aromatic rings. The van der Waals surface area contributed by atoms with E-state index in [0.717, 1.165) is 29.0 Å². The molecule has 4 rings (SSSR count). The molecule has 1 aromatic carbocycles. The number of benzene rings is 1. The predicted molar refractivity (Wildman–Crippen MR) is 95.0 cm³/mol. The Labute approximate surface area is 145 Å². The van der Waals surface area contributed by atoms with E-state index < -0.39 is 0 Å². The molecule has 1 aliphatic carbocycles. The van der Waals surface area contributed by atoms with Crippen LogP contribution in [0.3, 0.4) is 0 Å². The van der Waals surface area contributed by atoms with Crippen LogP contribution in [-0.4, -0.2) is 17.9 Å². The molecule has 24 heavy (non-hydrogen) atoms. The Kier molecular flexibility index (Phi) is 3.88. The van der Waals surface area contributed by atoms with Gasteiger partial charge in [0.1, 0.15) is 0 Å². The fourth-order valence-electron chi connectivity index (χ4n) is 3.30. The third-order valence-corrected chi connectivity index (χ3v) is 5.67. The molecule has 2 atom stereocenters. The maximum Gasteiger partial charge on any atom is 0.228 e. The van der Waals surface area contributed by atoms with Crippen LogP contribution < -0.4 is 10.2 Å². The Morgan fingerprint density at radius 2 is 1.96 bits per heavy atom. The second-order valence-corrected chi connectivity index (χ2v) is 7.63. The molecular formula is C19H20N2O2S. The molecule has 0 bridgehead atoms. The van der Waals surface area contributed by atoms with E-state index in [1.54, 1.807) is 11.3 Å². The molecule has 1 N–H and O–H groups in total. The molecule has 1 aromatic heterocycles. The van der Waals surface area contributed by atoms with E-state index in [1.165, 1.54) is 0 Å². The maximum absolute atomic E-state index is 12.7. The van der Waals surface area contributed by atoms with Crippen molar-refractivity contribution in [3.05, 3.63) is 52.2 Å². The van der Waals surface area contributed by atoms with Crippen LogP contribution in [0.5, 0.6) is 0 Å². The summed E-state index contributed by atoms with van der Waals surface area (Å²) in [7, 11) is 0. The summed E-state index contributed by atoms with van der Waals surface area (Å²) < 4.78 is 0. The zero-order valence-corrected chi connectivity index (χ0v) is 14.4. The fourth-order valence-corrected chi connectivity index (χ4v) is 4.18. The first-order chi connectivity index (χ1) is 11.6. The third-order valence-electron chi connectivity index (χ3n) is 4.73. The monoisotopic (exact) mass is 340 g/mol. The second-order valence-electron chi connectivity index (χ2n) is 6.65. The Morgan fingerprint density at radius 1 is 1.21 bits per heavy atom. The number of thiophene rings is 1. The lowest BCUT2D eigenvalue weighted by atomic mass is 9.97. The Hall–Kier alpha value is -2.14. The van der Waals surface area contributed by atoms with Crippen molar-refractivity contribution in [3.63, 3.8) is 0 Å². The highest BCUT2D eigenvalue weighted by Gasteiger charge is 2.46. The number of hydrogen-bond donors (Lipinski definition) is 1. The van der Waals surface area contributed by atoms with Gasteiger partial charge in [-0.25, -0.2) is 0 Å². The molecular weight excluding hydrogens is 320 g/mol. The summed E-state index contributed by atoms with van der Waals surface area (Å²) in [4.78, 5) is 28.3. The molecule has 1 aliphatic heterocycles. The first-order valence-electron chi connectivity index (χ1n) is 8.36. The van der Waals surface area contributed by atoms with Crippen LogP contribution in [0.1, 0.15) is 35.7 Å². The van der Waals surface area contributed by atoms with Crippen LogP contribution in [0.2, 0.25) is 0 Å². The van der Waals surface area contributed by atoms with Crippen LogP contribution in [0.4, 0.5) is 5.69 Å². The van der Waals surface area contributed by atoms with E-state index in [1.807, 2.05) is 53.6 Å². The van der Waals surface area contributed by atoms with E-state index in [0.29, 0.717) is 6.04 Å². The first-order valence-corrected chi connectivity index (χ1v) is 9.24. The number of carbonyl (C=O) groups excluding carboxylic acids is 2. The van der Waals surface area contributed by atoms with Gasteiger partial charge in [0.15, 0.2) is 0 Å². The first kappa shape index (κ1) is 15.4. The molecule has 0 radical (unpaired) electrons. The Bertz CT molecular complexity index is 750. The van der Waals surface area contributed by atoms with Crippen molar-refractivity contribution in [2.45, 2.75) is 38.3 Å². The normalized spacial score (nSPS) is 23.5. The highest BCUT2D eigenvalue weighted by atomic mass is 32.1. The van der Waals surface area contributed by atoms with E-state index in [4.69, 9.17) is 0 Å². The summed E-state index contributed by atoms with van der Waals surface area (Å²) in [6, 6.07) is 12.0. The maximum atomic E-state index is 12.7. The number of hydrogen-bond acceptors (Lipinski definition) is 3. The van der Waals surface area contributed by atoms with Gasteiger partial charge in [-0.2, -0.15) is 0 Å². The average Bonchev–Trinajstić information content (AvgIpc) is 3.09. The number of anilines is 1. The SMILES string of the molecule is Cc1ccc(N2C(=O)C[C@H](C(=O)NC3CC3)[C@H]2c2cccs2)cc1. The van der Waals surface area contributed by atoms with E-state index >= 15 is 0 Å². The molecule has 2 fully saturated rings. The molecule has 0 unspecified atom stereocenters. The number of rotatable bonds is 4. The van der Waals surface area contributed by atoms with Crippen LogP contribution in [0.25, 0.3) is 0 Å². The lowest BCUT2D eigenvalue weighted by molar-refractivity contribution is -0.126. The largest absolute Gasteiger partial charge is 0.353 e. The molecule has 1 saturated carbocycles. The number of aryl methyl sites for hydroxylation is 1. The zero-order valence-electron chi connectivity index (χ0n) is 13.6. The van der Waals surface area contributed by atoms with Gasteiger partial charge in [-0.3, -0.25) is 9.59 Å². The molecule has 0 spiro atoms. The van der Waals surface area contributed by atoms with Gasteiger partial charge in [-0.05, 0) is 43.3 Å². The van der Waals surface area contributed by atoms with Crippen LogP contribution in [-0.2, 0) is 9.59 Å². The Morgan fingerprint density at radius 3 is 2.58 bits per heavy atom. The molecule has 5 heteroatoms. The van der Waals surface area contributed by atoms with Crippen molar-refractivity contribution in [1.29, 1.82) is 0 Å². The fraction of sp³-hybridized carbons (Fsp3) is 0.368. The topological polar surface area (TPSA) is 49.4 Å². The summed E-state index contributed by atoms with van der Waals surface area (Å²) in [5, 5.41) is 5.08. The van der Waals surface area contributed by atoms with Crippen molar-refractivity contribution in [2.24, 2.45) is 5.92 Å². The van der Waals surface area contributed by atoms with Crippen molar-refractivity contribution in [1.82, 2.24) is 5.32 Å². The minimum Gasteiger partial charge on any atom is -0.353 e. The Balaban J connectivity index is 1.69. The highest BCUT2D eigenvalue weighted by Crippen LogP contribution is 2.43. The van der Waals surface area contributed by atoms with Gasteiger partial charge in [-0.1, -0.05) is 23.8 Å². The summed E-state index contributed by atoms with van der Waals surface area (Å²) in [6.07, 6.45) is 2.38. The van der Waals surface area contributed by atoms with E-state index in [-0.39, 0.29) is 30.2 Å². The second kappa shape index (κ2) is 6.06. The van der Waals surface area contributed by atoms with Gasteiger partial charge in [0.2, 0.25) is 11.8 Å². The summed E-state index contributed by atoms with van der Waals surface area (Å²) >= 11 is 1.61. The summed E-state index contributed by atoms with van der Waals surface area (Å²) in [6.45, 7) is 2.03. The number of nitrogens with zero attached hydrogens (tertiary/aromatic N) is 1. The number of amides is 2. The summed E-state index contributed by atoms with van der Waals surface area (Å²) in [5.74, 6) is -0.287. The molecule has 2 amide bonds. The van der Waals surface area contributed by atoms with Crippen molar-refractivity contribution >= 4 is 28.8 Å². The van der Waals surface area contributed by atoms with Gasteiger partial charge >= 0.3 is 0 Å². The number of carbonyl (C=O) groups is 2. The molecule has 1 saturated heterocycles. The summed E-state index contributed by atoms with van der Waals surface area (Å²) in [5.41, 5.74) is 2.02. The van der Waals surface area contributed by atoms with Crippen molar-refractivity contribution < 1.29 is 9.59 Å². The quantitative estimate of drug-likeness (QED) is 0.927. The van der Waals surface area contributed by atoms with E-state index in [2.05, 4.69) is 5.32 Å². The number of nitrogens with one attached hydrogen (secondary N) is 1. The van der Waals surface area contributed by atoms with Crippen LogP contribution in [0, 0.1) is 12.8 Å². The van der Waals surface area contributed by atoms with Gasteiger partial charge < -0.3 is 10.2 Å². The highest BCUT2D eigenvalue weighted by molar-refractivity contribution is 7.10. The van der Waals surface area contributed by atoms with Gasteiger partial charge in [0.25, 0.3) is 0 Å². The zero-order chi connectivity index (χ0) is 16.7. The van der Waals surface area contributed by atoms with Crippen LogP contribution in [0.15, 0.2) is 41.8 Å². The predicted octanol–water partition coefficient (Wildman–Crippen LogP) is 3.43. The van der Waals surface area contributed by atoms with Gasteiger partial charge in [0, 0.05) is 23.0 Å². The molecule has 2 aliphatic rings. The lowest BCUT2D eigenvalue weighted by Crippen LogP contribution is -2.36. The van der Waals surface area contributed by atoms with E-state index in [9.17, 15) is 9.59 Å². The van der Waals surface area contributed by atoms with Gasteiger partial charge in [0.05, 0.1) is 12.0 Å². The minimum absolute atomic E-state index is 0.0128. The minimum atomic E-state index is -0.321. The standard InChI is InChI=1S/C19H20N2O2S/c1-12-4-8-14(9-5-12)21-17(22)11-15(19(23)20-13-6-7-13)18(21)16-3-2-10-24-16/h2-5,8-10,13,15,18H,6-7,11H2,1H3,(H,20,23)/t15-,18-/m0/s1. The lowest BCUT2D eigenvalue weighted by Gasteiger charge is -2.27. The van der Waals surface area contributed by atoms with Gasteiger partial charge in [-0.15, -0.1) is 11.3 Å². The molecule has 124 valence electrons. The van der Waals surface area contributed by atoms with Crippen molar-refractivity contribution in [3.8, 4) is 0 Å². The third kappa shape index (κ3) is 2.84. The molecule has 2 heterocycles. The van der Waals surface area contributed by atoms with Crippen LogP contribution >= 0.6 is 11.3 Å². The average molecular weight is 340 g/mol.